The number of benzene rings is 2. The number of hydrogen-bond acceptors (Lipinski definition) is 1. The standard InChI is InChI=1S/C14H11BrN2O/c1-9-4-2-5-10(8-9)17-12-7-3-6-11(15)13(12)16-14(17)18/h2-8H,1H3,(H,16,18). The molecule has 1 heterocycles. The molecular formula is C14H11BrN2O. The van der Waals surface area contributed by atoms with Crippen LogP contribution in [0.25, 0.3) is 16.7 Å². The minimum absolute atomic E-state index is 0.123. The van der Waals surface area contributed by atoms with Crippen molar-refractivity contribution in [3.63, 3.8) is 0 Å². The number of halogens is 1. The normalized spacial score (nSPS) is 11.0. The number of aryl methyl sites for hydroxylation is 1. The van der Waals surface area contributed by atoms with Crippen LogP contribution in [0.2, 0.25) is 0 Å². The van der Waals surface area contributed by atoms with Gasteiger partial charge in [0.15, 0.2) is 0 Å². The zero-order valence-electron chi connectivity index (χ0n) is 9.77. The summed E-state index contributed by atoms with van der Waals surface area (Å²) in [6, 6.07) is 13.7. The molecule has 0 spiro atoms. The summed E-state index contributed by atoms with van der Waals surface area (Å²) in [5.74, 6) is 0. The predicted molar refractivity (Wildman–Crippen MR) is 76.3 cm³/mol. The van der Waals surface area contributed by atoms with Crippen molar-refractivity contribution in [1.82, 2.24) is 9.55 Å². The highest BCUT2D eigenvalue weighted by Crippen LogP contribution is 2.23. The first kappa shape index (κ1) is 11.3. The summed E-state index contributed by atoms with van der Waals surface area (Å²) in [6.07, 6.45) is 0. The van der Waals surface area contributed by atoms with E-state index >= 15 is 0 Å². The summed E-state index contributed by atoms with van der Waals surface area (Å²) in [6.45, 7) is 2.01. The summed E-state index contributed by atoms with van der Waals surface area (Å²) < 4.78 is 2.58. The summed E-state index contributed by atoms with van der Waals surface area (Å²) in [7, 11) is 0. The molecule has 0 aliphatic carbocycles. The maximum atomic E-state index is 12.1. The van der Waals surface area contributed by atoms with Crippen molar-refractivity contribution in [3.8, 4) is 5.69 Å². The first-order valence-electron chi connectivity index (χ1n) is 5.63. The van der Waals surface area contributed by atoms with Gasteiger partial charge in [0.1, 0.15) is 0 Å². The number of rotatable bonds is 1. The van der Waals surface area contributed by atoms with E-state index in [1.807, 2.05) is 49.4 Å². The molecule has 0 aliphatic rings. The fourth-order valence-electron chi connectivity index (χ4n) is 2.12. The lowest BCUT2D eigenvalue weighted by molar-refractivity contribution is 1.01. The largest absolute Gasteiger partial charge is 0.331 e. The van der Waals surface area contributed by atoms with Gasteiger partial charge < -0.3 is 4.98 Å². The number of imidazole rings is 1. The Labute approximate surface area is 112 Å². The molecule has 1 aromatic heterocycles. The predicted octanol–water partition coefficient (Wildman–Crippen LogP) is 3.39. The third kappa shape index (κ3) is 1.69. The van der Waals surface area contributed by atoms with Gasteiger partial charge in [-0.05, 0) is 52.7 Å². The number of aromatic amines is 1. The van der Waals surface area contributed by atoms with Gasteiger partial charge in [0.25, 0.3) is 0 Å². The van der Waals surface area contributed by atoms with Gasteiger partial charge in [-0.25, -0.2) is 4.79 Å². The quantitative estimate of drug-likeness (QED) is 0.735. The van der Waals surface area contributed by atoms with Crippen LogP contribution in [0.15, 0.2) is 51.7 Å². The number of hydrogen-bond donors (Lipinski definition) is 1. The molecule has 3 aromatic rings. The van der Waals surface area contributed by atoms with E-state index in [0.717, 1.165) is 26.8 Å². The van der Waals surface area contributed by atoms with Gasteiger partial charge in [-0.3, -0.25) is 4.57 Å². The monoisotopic (exact) mass is 302 g/mol. The Morgan fingerprint density at radius 2 is 1.94 bits per heavy atom. The second-order valence-corrected chi connectivity index (χ2v) is 5.09. The minimum Gasteiger partial charge on any atom is -0.304 e. The Morgan fingerprint density at radius 1 is 1.17 bits per heavy atom. The molecule has 0 aliphatic heterocycles. The van der Waals surface area contributed by atoms with Gasteiger partial charge in [-0.2, -0.15) is 0 Å². The molecular weight excluding hydrogens is 292 g/mol. The van der Waals surface area contributed by atoms with Gasteiger partial charge >= 0.3 is 5.69 Å². The maximum absolute atomic E-state index is 12.1. The third-order valence-corrected chi connectivity index (χ3v) is 3.59. The second-order valence-electron chi connectivity index (χ2n) is 4.24. The minimum atomic E-state index is -0.123. The highest BCUT2D eigenvalue weighted by molar-refractivity contribution is 9.10. The lowest BCUT2D eigenvalue weighted by Gasteiger charge is -2.04. The molecule has 0 fully saturated rings. The molecule has 0 radical (unpaired) electrons. The first-order chi connectivity index (χ1) is 8.66. The molecule has 2 aromatic carbocycles. The van der Waals surface area contributed by atoms with Gasteiger partial charge in [0.05, 0.1) is 16.7 Å². The van der Waals surface area contributed by atoms with Crippen molar-refractivity contribution in [2.75, 3.05) is 0 Å². The molecule has 3 nitrogen and oxygen atoms in total. The highest BCUT2D eigenvalue weighted by Gasteiger charge is 2.10. The Hall–Kier alpha value is -1.81. The molecule has 0 unspecified atom stereocenters. The van der Waals surface area contributed by atoms with Crippen LogP contribution in [0.3, 0.4) is 0 Å². The van der Waals surface area contributed by atoms with Crippen LogP contribution in [0.1, 0.15) is 5.56 Å². The Bertz CT molecular complexity index is 786. The number of nitrogens with one attached hydrogen (secondary N) is 1. The highest BCUT2D eigenvalue weighted by atomic mass is 79.9. The van der Waals surface area contributed by atoms with Crippen LogP contribution in [-0.4, -0.2) is 9.55 Å². The van der Waals surface area contributed by atoms with Gasteiger partial charge in [0.2, 0.25) is 0 Å². The molecule has 1 N–H and O–H groups in total. The SMILES string of the molecule is Cc1cccc(-n2c(=O)[nH]c3c(Br)cccc32)c1. The fourth-order valence-corrected chi connectivity index (χ4v) is 2.57. The Kier molecular flexibility index (Phi) is 2.59. The van der Waals surface area contributed by atoms with Gasteiger partial charge in [-0.1, -0.05) is 18.2 Å². The third-order valence-electron chi connectivity index (χ3n) is 2.93. The van der Waals surface area contributed by atoms with E-state index in [1.165, 1.54) is 0 Å². The van der Waals surface area contributed by atoms with Crippen molar-refractivity contribution >= 4 is 27.0 Å². The molecule has 4 heteroatoms. The molecule has 0 atom stereocenters. The summed E-state index contributed by atoms with van der Waals surface area (Å²) in [4.78, 5) is 15.0. The molecule has 90 valence electrons. The lowest BCUT2D eigenvalue weighted by atomic mass is 10.2. The van der Waals surface area contributed by atoms with Crippen molar-refractivity contribution in [2.24, 2.45) is 0 Å². The van der Waals surface area contributed by atoms with Crippen LogP contribution >= 0.6 is 15.9 Å². The molecule has 3 rings (SSSR count). The van der Waals surface area contributed by atoms with E-state index in [0.29, 0.717) is 0 Å². The first-order valence-corrected chi connectivity index (χ1v) is 6.42. The Balaban J connectivity index is 2.39. The van der Waals surface area contributed by atoms with Crippen molar-refractivity contribution in [3.05, 3.63) is 63.0 Å². The van der Waals surface area contributed by atoms with Gasteiger partial charge in [-0.15, -0.1) is 0 Å². The number of aromatic nitrogens is 2. The topological polar surface area (TPSA) is 37.8 Å². The van der Waals surface area contributed by atoms with Crippen LogP contribution in [-0.2, 0) is 0 Å². The van der Waals surface area contributed by atoms with Crippen molar-refractivity contribution < 1.29 is 0 Å². The maximum Gasteiger partial charge on any atom is 0.331 e. The van der Waals surface area contributed by atoms with Gasteiger partial charge in [0, 0.05) is 4.47 Å². The molecule has 0 saturated carbocycles. The molecule has 0 saturated heterocycles. The molecule has 0 bridgehead atoms. The van der Waals surface area contributed by atoms with E-state index < -0.39 is 0 Å². The van der Waals surface area contributed by atoms with E-state index in [2.05, 4.69) is 20.9 Å². The van der Waals surface area contributed by atoms with Crippen LogP contribution in [0, 0.1) is 6.92 Å². The summed E-state index contributed by atoms with van der Waals surface area (Å²) in [5.41, 5.74) is 3.58. The van der Waals surface area contributed by atoms with Crippen LogP contribution < -0.4 is 5.69 Å². The zero-order valence-corrected chi connectivity index (χ0v) is 11.4. The van der Waals surface area contributed by atoms with Crippen LogP contribution in [0.5, 0.6) is 0 Å². The number of fused-ring (bicyclic) bond motifs is 1. The number of para-hydroxylation sites is 1. The van der Waals surface area contributed by atoms with Crippen molar-refractivity contribution in [1.29, 1.82) is 0 Å². The number of nitrogens with zero attached hydrogens (tertiary/aromatic N) is 1. The van der Waals surface area contributed by atoms with Crippen molar-refractivity contribution in [2.45, 2.75) is 6.92 Å². The second kappa shape index (κ2) is 4.14. The van der Waals surface area contributed by atoms with E-state index in [4.69, 9.17) is 0 Å². The van der Waals surface area contributed by atoms with E-state index in [-0.39, 0.29) is 5.69 Å². The fraction of sp³-hybridized carbons (Fsp3) is 0.0714. The summed E-state index contributed by atoms with van der Waals surface area (Å²) >= 11 is 3.45. The zero-order chi connectivity index (χ0) is 12.7. The average Bonchev–Trinajstić information content (AvgIpc) is 2.67. The molecule has 0 amide bonds. The summed E-state index contributed by atoms with van der Waals surface area (Å²) in [5, 5.41) is 0. The smallest absolute Gasteiger partial charge is 0.304 e. The number of H-pyrrole nitrogens is 1. The lowest BCUT2D eigenvalue weighted by Crippen LogP contribution is -2.14. The van der Waals surface area contributed by atoms with E-state index in [1.54, 1.807) is 4.57 Å². The van der Waals surface area contributed by atoms with E-state index in [9.17, 15) is 4.79 Å². The van der Waals surface area contributed by atoms with Crippen LogP contribution in [0.4, 0.5) is 0 Å². The average molecular weight is 303 g/mol. The Morgan fingerprint density at radius 3 is 2.72 bits per heavy atom. The molecule has 18 heavy (non-hydrogen) atoms.